The molecule has 1 amide bonds. The Morgan fingerprint density at radius 2 is 1.14 bits per heavy atom. The zero-order chi connectivity index (χ0) is 35.2. The molecule has 0 aliphatic rings. The first-order valence-electron chi connectivity index (χ1n) is 14.6. The monoisotopic (exact) mass is 858 g/mol. The molecule has 4 aromatic carbocycles. The minimum absolute atomic E-state index is 0.139. The van der Waals surface area contributed by atoms with Gasteiger partial charge in [-0.2, -0.15) is 0 Å². The van der Waals surface area contributed by atoms with Crippen molar-refractivity contribution in [2.45, 2.75) is 22.5 Å². The second-order valence-corrected chi connectivity index (χ2v) is 15.1. The van der Waals surface area contributed by atoms with Crippen molar-refractivity contribution in [3.8, 4) is 0 Å². The van der Waals surface area contributed by atoms with Crippen LogP contribution in [0.1, 0.15) is 41.7 Å². The maximum absolute atomic E-state index is 12.3. The predicted molar refractivity (Wildman–Crippen MR) is 210 cm³/mol. The van der Waals surface area contributed by atoms with Crippen molar-refractivity contribution in [2.75, 3.05) is 11.1 Å². The molecule has 0 bridgehead atoms. The number of nitrogens with one attached hydrogen (secondary N) is 1. The first-order valence-corrected chi connectivity index (χ1v) is 18.9. The number of carboxylic acid groups (broad SMARTS) is 1. The van der Waals surface area contributed by atoms with Crippen LogP contribution < -0.4 is 11.1 Å². The zero-order valence-corrected chi connectivity index (χ0v) is 32.0. The van der Waals surface area contributed by atoms with Gasteiger partial charge >= 0.3 is 5.97 Å². The number of carbonyl (C=O) groups is 2. The van der Waals surface area contributed by atoms with E-state index in [1.54, 1.807) is 24.5 Å². The van der Waals surface area contributed by atoms with E-state index in [9.17, 15) is 9.59 Å². The molecule has 13 heteroatoms. The summed E-state index contributed by atoms with van der Waals surface area (Å²) < 4.78 is 0. The topological polar surface area (TPSA) is 118 Å². The third-order valence-electron chi connectivity index (χ3n) is 6.63. The summed E-state index contributed by atoms with van der Waals surface area (Å²) >= 11 is 21.6. The van der Waals surface area contributed by atoms with Crippen LogP contribution in [0.15, 0.2) is 122 Å². The normalized spacial score (nSPS) is 11.6. The molecule has 2 atom stereocenters. The highest BCUT2D eigenvalue weighted by atomic mass is 79.9. The summed E-state index contributed by atoms with van der Waals surface area (Å²) in [6.07, 6.45) is 5.07. The lowest BCUT2D eigenvalue weighted by Crippen LogP contribution is -2.16. The van der Waals surface area contributed by atoms with Crippen molar-refractivity contribution in [2.24, 2.45) is 0 Å². The Morgan fingerprint density at radius 3 is 1.61 bits per heavy atom. The van der Waals surface area contributed by atoms with Crippen molar-refractivity contribution >= 4 is 99.9 Å². The summed E-state index contributed by atoms with van der Waals surface area (Å²) in [4.78, 5) is 32.2. The van der Waals surface area contributed by atoms with Crippen LogP contribution in [0.3, 0.4) is 0 Å². The number of alkyl halides is 2. The fourth-order valence-electron chi connectivity index (χ4n) is 4.22. The molecular weight excluding hydrogens is 831 g/mol. The highest BCUT2D eigenvalue weighted by molar-refractivity contribution is 9.09. The van der Waals surface area contributed by atoms with Gasteiger partial charge in [-0.1, -0.05) is 152 Å². The molecule has 0 saturated carbocycles. The molecule has 2 aromatic heterocycles. The SMILES string of the molecule is Nc1ncc(Cc2ccccc2Cl)s1.O=C(Nc1ncc(Cc2ccccc2Cl)s1)C(Br)c1ccccc1.O=C(O)C(Br)c1ccccc1. The van der Waals surface area contributed by atoms with Crippen molar-refractivity contribution in [3.63, 3.8) is 0 Å². The molecule has 2 heterocycles. The number of nitrogen functional groups attached to an aromatic ring is 1. The van der Waals surface area contributed by atoms with E-state index in [0.29, 0.717) is 16.7 Å². The number of aromatic nitrogens is 2. The van der Waals surface area contributed by atoms with E-state index in [0.717, 1.165) is 48.5 Å². The van der Waals surface area contributed by atoms with E-state index < -0.39 is 15.6 Å². The molecule has 6 rings (SSSR count). The van der Waals surface area contributed by atoms with E-state index in [4.69, 9.17) is 34.0 Å². The van der Waals surface area contributed by atoms with E-state index in [2.05, 4.69) is 47.1 Å². The molecule has 0 aliphatic heterocycles. The molecule has 7 nitrogen and oxygen atoms in total. The molecular formula is C36H30Br2Cl2N4O3S2. The number of halogens is 4. The molecule has 49 heavy (non-hydrogen) atoms. The van der Waals surface area contributed by atoms with Gasteiger partial charge in [0.15, 0.2) is 10.3 Å². The van der Waals surface area contributed by atoms with Gasteiger partial charge in [-0.3, -0.25) is 9.59 Å². The number of benzene rings is 4. The molecule has 0 saturated heterocycles. The largest absolute Gasteiger partial charge is 0.480 e. The van der Waals surface area contributed by atoms with Gasteiger partial charge in [-0.15, -0.1) is 22.7 Å². The van der Waals surface area contributed by atoms with Gasteiger partial charge in [0.2, 0.25) is 5.91 Å². The van der Waals surface area contributed by atoms with Gasteiger partial charge in [0.1, 0.15) is 9.65 Å². The second kappa shape index (κ2) is 19.6. The Labute approximate surface area is 319 Å². The number of nitrogens with two attached hydrogens (primary N) is 1. The molecule has 6 aromatic rings. The van der Waals surface area contributed by atoms with E-state index in [1.807, 2.05) is 97.1 Å². The summed E-state index contributed by atoms with van der Waals surface area (Å²) in [5.74, 6) is -1.00. The van der Waals surface area contributed by atoms with Crippen LogP contribution in [0.2, 0.25) is 10.0 Å². The van der Waals surface area contributed by atoms with Crippen molar-refractivity contribution in [3.05, 3.63) is 164 Å². The number of aliphatic carboxylic acids is 1. The lowest BCUT2D eigenvalue weighted by Gasteiger charge is -2.09. The third kappa shape index (κ3) is 12.4. The Morgan fingerprint density at radius 1 is 0.694 bits per heavy atom. The van der Waals surface area contributed by atoms with Gasteiger partial charge in [0, 0.05) is 45.0 Å². The second-order valence-electron chi connectivity index (χ2n) is 10.2. The van der Waals surface area contributed by atoms with Crippen LogP contribution in [0.25, 0.3) is 0 Å². The first kappa shape index (κ1) is 38.2. The summed E-state index contributed by atoms with van der Waals surface area (Å²) in [6, 6.07) is 34.1. The molecule has 0 fully saturated rings. The Hall–Kier alpha value is -3.58. The summed E-state index contributed by atoms with van der Waals surface area (Å²) in [6.45, 7) is 0. The number of anilines is 2. The first-order chi connectivity index (χ1) is 23.6. The molecule has 252 valence electrons. The molecule has 0 radical (unpaired) electrons. The van der Waals surface area contributed by atoms with E-state index in [-0.39, 0.29) is 5.91 Å². The third-order valence-corrected chi connectivity index (χ3v) is 11.0. The van der Waals surface area contributed by atoms with Crippen LogP contribution in [0, 0.1) is 0 Å². The number of carbonyl (C=O) groups excluding carboxylic acids is 1. The lowest BCUT2D eigenvalue weighted by molar-refractivity contribution is -0.136. The van der Waals surface area contributed by atoms with Crippen LogP contribution >= 0.6 is 77.7 Å². The van der Waals surface area contributed by atoms with Crippen LogP contribution in [-0.4, -0.2) is 27.0 Å². The van der Waals surface area contributed by atoms with Crippen molar-refractivity contribution < 1.29 is 14.7 Å². The summed E-state index contributed by atoms with van der Waals surface area (Å²) in [5.41, 5.74) is 9.37. The number of carboxylic acids is 1. The predicted octanol–water partition coefficient (Wildman–Crippen LogP) is 10.6. The van der Waals surface area contributed by atoms with Crippen molar-refractivity contribution in [1.82, 2.24) is 9.97 Å². The van der Waals surface area contributed by atoms with Gasteiger partial charge in [0.25, 0.3) is 0 Å². The number of hydrogen-bond acceptors (Lipinski definition) is 7. The van der Waals surface area contributed by atoms with Gasteiger partial charge in [0.05, 0.1) is 0 Å². The number of hydrogen-bond donors (Lipinski definition) is 3. The maximum atomic E-state index is 12.3. The number of amides is 1. The highest BCUT2D eigenvalue weighted by Crippen LogP contribution is 2.28. The molecule has 4 N–H and O–H groups in total. The van der Waals surface area contributed by atoms with Gasteiger partial charge in [-0.05, 0) is 34.4 Å². The average molecular weight is 862 g/mol. The van der Waals surface area contributed by atoms with Gasteiger partial charge < -0.3 is 16.2 Å². The Balaban J connectivity index is 0.000000183. The zero-order valence-electron chi connectivity index (χ0n) is 25.7. The molecule has 0 spiro atoms. The van der Waals surface area contributed by atoms with E-state index >= 15 is 0 Å². The molecule has 2 unspecified atom stereocenters. The van der Waals surface area contributed by atoms with E-state index in [1.165, 1.54) is 22.7 Å². The summed E-state index contributed by atoms with van der Waals surface area (Å²) in [7, 11) is 0. The Bertz CT molecular complexity index is 1950. The number of nitrogens with zero attached hydrogens (tertiary/aromatic N) is 2. The lowest BCUT2D eigenvalue weighted by atomic mass is 10.1. The summed E-state index contributed by atoms with van der Waals surface area (Å²) in [5, 5.41) is 14.2. The fraction of sp³-hybridized carbons (Fsp3) is 0.111. The average Bonchev–Trinajstić information content (AvgIpc) is 3.75. The number of rotatable bonds is 9. The Kier molecular flexibility index (Phi) is 15.3. The van der Waals surface area contributed by atoms with Crippen LogP contribution in [0.4, 0.5) is 10.3 Å². The maximum Gasteiger partial charge on any atom is 0.321 e. The smallest absolute Gasteiger partial charge is 0.321 e. The van der Waals surface area contributed by atoms with Crippen LogP contribution in [-0.2, 0) is 22.4 Å². The number of thiazole rings is 2. The van der Waals surface area contributed by atoms with Crippen molar-refractivity contribution in [1.29, 1.82) is 0 Å². The standard InChI is InChI=1S/C18H14BrClN2OS.C10H9ClN2S.C8H7BrO2/c19-16(12-6-2-1-3-7-12)17(23)22-18-21-11-14(24-18)10-13-8-4-5-9-15(13)20;11-9-4-2-1-3-7(9)5-8-6-13-10(12)14-8;9-7(8(10)11)6-4-2-1-3-5-6/h1-9,11,16H,10H2,(H,21,22,23);1-4,6H,5H2,(H2,12,13);1-5,7H,(H,10,11). The van der Waals surface area contributed by atoms with Crippen LogP contribution in [0.5, 0.6) is 0 Å². The quantitative estimate of drug-likeness (QED) is 0.125. The minimum atomic E-state index is -0.865. The minimum Gasteiger partial charge on any atom is -0.480 e. The fourth-order valence-corrected chi connectivity index (χ4v) is 6.89. The molecule has 0 aliphatic carbocycles. The highest BCUT2D eigenvalue weighted by Gasteiger charge is 2.18. The van der Waals surface area contributed by atoms with Gasteiger partial charge in [-0.25, -0.2) is 9.97 Å².